The van der Waals surface area contributed by atoms with Crippen molar-refractivity contribution in [3.8, 4) is 6.07 Å². The van der Waals surface area contributed by atoms with Gasteiger partial charge >= 0.3 is 0 Å². The molecule has 1 aromatic carbocycles. The Balaban J connectivity index is 1.88. The first-order chi connectivity index (χ1) is 12.4. The van der Waals surface area contributed by atoms with Crippen LogP contribution < -0.4 is 5.32 Å². The predicted molar refractivity (Wildman–Crippen MR) is 101 cm³/mol. The average Bonchev–Trinajstić information content (AvgIpc) is 2.97. The predicted octanol–water partition coefficient (Wildman–Crippen LogP) is 4.95. The fraction of sp³-hybridized carbons (Fsp3) is 0.333. The highest BCUT2D eigenvalue weighted by atomic mass is 35.5. The highest BCUT2D eigenvalue weighted by Crippen LogP contribution is 2.40. The summed E-state index contributed by atoms with van der Waals surface area (Å²) >= 11 is 7.46. The van der Waals surface area contributed by atoms with Gasteiger partial charge < -0.3 is 5.32 Å². The summed E-state index contributed by atoms with van der Waals surface area (Å²) in [5.41, 5.74) is 1.51. The molecule has 1 heterocycles. The third-order valence-electron chi connectivity index (χ3n) is 4.69. The molecular formula is C18H16ClN3O3S. The second-order valence-corrected chi connectivity index (χ2v) is 7.72. The molecule has 1 aromatic heterocycles. The Hall–Kier alpha value is -2.43. The Bertz CT molecular complexity index is 932. The Labute approximate surface area is 159 Å². The largest absolute Gasteiger partial charge is 0.312 e. The van der Waals surface area contributed by atoms with Gasteiger partial charge in [-0.15, -0.1) is 11.3 Å². The van der Waals surface area contributed by atoms with Crippen LogP contribution in [0.1, 0.15) is 46.1 Å². The number of fused-ring (bicyclic) bond motifs is 1. The number of nitrogens with zero attached hydrogens (tertiary/aromatic N) is 2. The molecule has 8 heteroatoms. The normalized spacial score (nSPS) is 15.8. The second-order valence-electron chi connectivity index (χ2n) is 6.21. The van der Waals surface area contributed by atoms with Crippen LogP contribution in [0.2, 0.25) is 5.02 Å². The topological polar surface area (TPSA) is 96.0 Å². The van der Waals surface area contributed by atoms with E-state index in [0.29, 0.717) is 16.5 Å². The van der Waals surface area contributed by atoms with Crippen LogP contribution in [0, 0.1) is 27.4 Å². The van der Waals surface area contributed by atoms with Gasteiger partial charge in [-0.1, -0.05) is 24.9 Å². The van der Waals surface area contributed by atoms with Crippen molar-refractivity contribution in [2.75, 3.05) is 5.32 Å². The maximum absolute atomic E-state index is 12.5. The van der Waals surface area contributed by atoms with Gasteiger partial charge in [0.2, 0.25) is 0 Å². The van der Waals surface area contributed by atoms with Crippen molar-refractivity contribution in [3.05, 3.63) is 54.9 Å². The summed E-state index contributed by atoms with van der Waals surface area (Å²) in [5, 5.41) is 23.6. The van der Waals surface area contributed by atoms with Crippen molar-refractivity contribution in [1.29, 1.82) is 5.26 Å². The number of rotatable bonds is 4. The Morgan fingerprint density at radius 1 is 1.54 bits per heavy atom. The van der Waals surface area contributed by atoms with Crippen molar-refractivity contribution < 1.29 is 9.72 Å². The number of nitrogens with one attached hydrogen (secondary N) is 1. The molecule has 0 fully saturated rings. The fourth-order valence-electron chi connectivity index (χ4n) is 3.18. The van der Waals surface area contributed by atoms with E-state index in [1.54, 1.807) is 0 Å². The maximum atomic E-state index is 12.5. The number of non-ortho nitro benzene ring substituents is 1. The first-order valence-electron chi connectivity index (χ1n) is 8.24. The maximum Gasteiger partial charge on any atom is 0.270 e. The van der Waals surface area contributed by atoms with Gasteiger partial charge in [-0.25, -0.2) is 0 Å². The molecular weight excluding hydrogens is 374 g/mol. The minimum absolute atomic E-state index is 0.00238. The quantitative estimate of drug-likeness (QED) is 0.591. The van der Waals surface area contributed by atoms with Gasteiger partial charge in [-0.05, 0) is 36.8 Å². The monoisotopic (exact) mass is 389 g/mol. The van der Waals surface area contributed by atoms with Gasteiger partial charge in [0.25, 0.3) is 11.6 Å². The lowest BCUT2D eigenvalue weighted by molar-refractivity contribution is -0.384. The van der Waals surface area contributed by atoms with E-state index in [2.05, 4.69) is 18.3 Å². The molecule has 0 saturated heterocycles. The molecule has 0 radical (unpaired) electrons. The molecule has 26 heavy (non-hydrogen) atoms. The molecule has 3 rings (SSSR count). The highest BCUT2D eigenvalue weighted by molar-refractivity contribution is 7.16. The Morgan fingerprint density at radius 2 is 2.31 bits per heavy atom. The summed E-state index contributed by atoms with van der Waals surface area (Å²) < 4.78 is 0. The Morgan fingerprint density at radius 3 is 2.92 bits per heavy atom. The van der Waals surface area contributed by atoms with Gasteiger partial charge in [0.1, 0.15) is 11.1 Å². The summed E-state index contributed by atoms with van der Waals surface area (Å²) in [6.07, 6.45) is 3.93. The van der Waals surface area contributed by atoms with Crippen LogP contribution in [-0.4, -0.2) is 10.8 Å². The molecule has 0 aliphatic heterocycles. The van der Waals surface area contributed by atoms with E-state index >= 15 is 0 Å². The van der Waals surface area contributed by atoms with Gasteiger partial charge in [-0.3, -0.25) is 14.9 Å². The lowest BCUT2D eigenvalue weighted by Crippen LogP contribution is -2.13. The first-order valence-corrected chi connectivity index (χ1v) is 9.44. The van der Waals surface area contributed by atoms with Crippen LogP contribution >= 0.6 is 22.9 Å². The van der Waals surface area contributed by atoms with Crippen LogP contribution in [0.5, 0.6) is 0 Å². The number of anilines is 1. The molecule has 0 spiro atoms. The van der Waals surface area contributed by atoms with E-state index in [1.165, 1.54) is 23.5 Å². The summed E-state index contributed by atoms with van der Waals surface area (Å²) in [4.78, 5) is 23.9. The zero-order chi connectivity index (χ0) is 18.8. The number of nitro benzene ring substituents is 1. The number of carbonyl (C=O) groups is 1. The lowest BCUT2D eigenvalue weighted by atomic mass is 9.86. The van der Waals surface area contributed by atoms with Gasteiger partial charge in [0.05, 0.1) is 21.1 Å². The number of benzene rings is 1. The fourth-order valence-corrected chi connectivity index (χ4v) is 4.75. The zero-order valence-electron chi connectivity index (χ0n) is 14.0. The van der Waals surface area contributed by atoms with E-state index in [9.17, 15) is 20.2 Å². The molecule has 1 atom stereocenters. The van der Waals surface area contributed by atoms with Crippen LogP contribution in [0.25, 0.3) is 0 Å². The van der Waals surface area contributed by atoms with Crippen molar-refractivity contribution in [2.24, 2.45) is 5.92 Å². The Kier molecular flexibility index (Phi) is 5.25. The number of halogens is 1. The molecule has 1 amide bonds. The molecule has 1 aliphatic rings. The molecule has 0 bridgehead atoms. The minimum atomic E-state index is -0.571. The van der Waals surface area contributed by atoms with E-state index in [4.69, 9.17) is 11.6 Å². The number of amides is 1. The third kappa shape index (κ3) is 3.43. The van der Waals surface area contributed by atoms with Gasteiger partial charge in [0.15, 0.2) is 0 Å². The van der Waals surface area contributed by atoms with E-state index in [0.717, 1.165) is 42.2 Å². The molecule has 134 valence electrons. The van der Waals surface area contributed by atoms with Crippen LogP contribution in [-0.2, 0) is 12.8 Å². The summed E-state index contributed by atoms with van der Waals surface area (Å²) in [5.74, 6) is 0.132. The summed E-state index contributed by atoms with van der Waals surface area (Å²) in [7, 11) is 0. The lowest BCUT2D eigenvalue weighted by Gasteiger charge is -2.20. The molecule has 0 saturated carbocycles. The number of nitro groups is 1. The molecule has 1 N–H and O–H groups in total. The standard InChI is InChI=1S/C18H16ClN3O3S/c1-2-10-3-5-12-14(9-20)18(26-16(12)7-10)21-17(23)13-6-4-11(22(24)25)8-15(13)19/h4,6,8,10H,2-3,5,7H2,1H3,(H,21,23)/t10-/m1/s1. The first kappa shape index (κ1) is 18.4. The number of hydrogen-bond donors (Lipinski definition) is 1. The van der Waals surface area contributed by atoms with Crippen LogP contribution in [0.15, 0.2) is 18.2 Å². The highest BCUT2D eigenvalue weighted by Gasteiger charge is 2.26. The van der Waals surface area contributed by atoms with E-state index < -0.39 is 10.8 Å². The SMILES string of the molecule is CC[C@@H]1CCc2c(sc(NC(=O)c3ccc([N+](=O)[O-])cc3Cl)c2C#N)C1. The van der Waals surface area contributed by atoms with Crippen LogP contribution in [0.4, 0.5) is 10.7 Å². The number of thiophene rings is 1. The molecule has 0 unspecified atom stereocenters. The second kappa shape index (κ2) is 7.44. The van der Waals surface area contributed by atoms with Gasteiger partial charge in [0, 0.05) is 17.0 Å². The van der Waals surface area contributed by atoms with Gasteiger partial charge in [-0.2, -0.15) is 5.26 Å². The van der Waals surface area contributed by atoms with E-state index in [1.807, 2.05) is 0 Å². The number of carbonyl (C=O) groups excluding carboxylic acids is 1. The van der Waals surface area contributed by atoms with E-state index in [-0.39, 0.29) is 16.3 Å². The zero-order valence-corrected chi connectivity index (χ0v) is 15.6. The molecule has 1 aliphatic carbocycles. The number of nitriles is 1. The van der Waals surface area contributed by atoms with Crippen LogP contribution in [0.3, 0.4) is 0 Å². The summed E-state index contributed by atoms with van der Waals surface area (Å²) in [6, 6.07) is 5.91. The average molecular weight is 390 g/mol. The van der Waals surface area contributed by atoms with Crippen molar-refractivity contribution in [3.63, 3.8) is 0 Å². The number of hydrogen-bond acceptors (Lipinski definition) is 5. The summed E-state index contributed by atoms with van der Waals surface area (Å²) in [6.45, 7) is 2.16. The third-order valence-corrected chi connectivity index (χ3v) is 6.17. The minimum Gasteiger partial charge on any atom is -0.312 e. The molecule has 2 aromatic rings. The smallest absolute Gasteiger partial charge is 0.270 e. The molecule has 6 nitrogen and oxygen atoms in total. The van der Waals surface area contributed by atoms with Crippen molar-refractivity contribution in [1.82, 2.24) is 0 Å². The van der Waals surface area contributed by atoms with Crippen molar-refractivity contribution in [2.45, 2.75) is 32.6 Å². The van der Waals surface area contributed by atoms with Crippen molar-refractivity contribution >= 4 is 39.5 Å².